The summed E-state index contributed by atoms with van der Waals surface area (Å²) < 4.78 is 0. The molecule has 7 heteroatoms. The van der Waals surface area contributed by atoms with Crippen LogP contribution in [0, 0.1) is 0 Å². The average molecular weight is 336 g/mol. The Morgan fingerprint density at radius 2 is 1.36 bits per heavy atom. The second-order valence-corrected chi connectivity index (χ2v) is 5.75. The van der Waals surface area contributed by atoms with Gasteiger partial charge in [0.15, 0.2) is 10.2 Å². The largest absolute Gasteiger partial charge is 0.359 e. The van der Waals surface area contributed by atoms with Gasteiger partial charge in [0.2, 0.25) is 0 Å². The summed E-state index contributed by atoms with van der Waals surface area (Å²) in [6, 6.07) is 5.51. The molecule has 22 heavy (non-hydrogen) atoms. The summed E-state index contributed by atoms with van der Waals surface area (Å²) in [5.74, 6) is 1.26. The van der Waals surface area contributed by atoms with Crippen molar-refractivity contribution < 1.29 is 0 Å². The van der Waals surface area contributed by atoms with Crippen LogP contribution in [0.2, 0.25) is 0 Å². The lowest BCUT2D eigenvalue weighted by atomic mass is 10.3. The minimum Gasteiger partial charge on any atom is -0.359 e. The molecule has 1 rings (SSSR count). The Hall–Kier alpha value is -1.99. The minimum atomic E-state index is 0.496. The van der Waals surface area contributed by atoms with Gasteiger partial charge in [0.25, 0.3) is 0 Å². The van der Waals surface area contributed by atoms with Crippen molar-refractivity contribution in [1.82, 2.24) is 15.6 Å². The van der Waals surface area contributed by atoms with Crippen LogP contribution < -0.4 is 21.3 Å². The molecule has 0 aliphatic carbocycles. The van der Waals surface area contributed by atoms with Gasteiger partial charge in [-0.25, -0.2) is 4.98 Å². The van der Waals surface area contributed by atoms with Crippen LogP contribution in [0.15, 0.2) is 42.5 Å². The smallest absolute Gasteiger partial charge is 0.172 e. The van der Waals surface area contributed by atoms with E-state index >= 15 is 0 Å². The number of hydrogen-bond donors (Lipinski definition) is 4. The first-order valence-corrected chi connectivity index (χ1v) is 7.54. The van der Waals surface area contributed by atoms with Gasteiger partial charge in [-0.3, -0.25) is 0 Å². The summed E-state index contributed by atoms with van der Waals surface area (Å²) in [6.45, 7) is 12.7. The molecule has 5 nitrogen and oxygen atoms in total. The van der Waals surface area contributed by atoms with E-state index in [1.165, 1.54) is 0 Å². The third-order valence-electron chi connectivity index (χ3n) is 2.33. The summed E-state index contributed by atoms with van der Waals surface area (Å²) in [4.78, 5) is 4.38. The van der Waals surface area contributed by atoms with Crippen molar-refractivity contribution >= 4 is 46.3 Å². The van der Waals surface area contributed by atoms with Crippen LogP contribution in [0.5, 0.6) is 0 Å². The summed E-state index contributed by atoms with van der Waals surface area (Å²) in [7, 11) is 0. The maximum atomic E-state index is 5.18. The molecule has 0 aliphatic rings. The van der Waals surface area contributed by atoms with Crippen LogP contribution in [-0.2, 0) is 0 Å². The zero-order valence-corrected chi connectivity index (χ0v) is 14.5. The topological polar surface area (TPSA) is 61.0 Å². The second-order valence-electron chi connectivity index (χ2n) is 4.94. The number of nitrogens with one attached hydrogen (secondary N) is 4. The summed E-state index contributed by atoms with van der Waals surface area (Å²) in [5.41, 5.74) is 2.00. The lowest BCUT2D eigenvalue weighted by Gasteiger charge is -2.12. The van der Waals surface area contributed by atoms with Gasteiger partial charge in [-0.1, -0.05) is 30.4 Å². The highest BCUT2D eigenvalue weighted by Crippen LogP contribution is 2.09. The fraction of sp³-hybridized carbons (Fsp3) is 0.267. The molecule has 0 amide bonds. The van der Waals surface area contributed by atoms with Gasteiger partial charge in [0.1, 0.15) is 11.6 Å². The Morgan fingerprint density at radius 3 is 1.73 bits per heavy atom. The molecule has 0 bridgehead atoms. The maximum Gasteiger partial charge on any atom is 0.172 e. The van der Waals surface area contributed by atoms with E-state index in [-0.39, 0.29) is 0 Å². The standard InChI is InChI=1S/C15H21N5S2/c1-10(2)8-16-14(21)19-12-6-5-7-13(18-12)20-15(22)17-9-11(3)4/h5-7H,1,3,8-9H2,2,4H3,(H4,16,17,18,19,20,21,22). The summed E-state index contributed by atoms with van der Waals surface area (Å²) >= 11 is 10.4. The van der Waals surface area contributed by atoms with Crippen molar-refractivity contribution in [2.75, 3.05) is 23.7 Å². The molecule has 0 unspecified atom stereocenters. The van der Waals surface area contributed by atoms with Gasteiger partial charge >= 0.3 is 0 Å². The normalized spacial score (nSPS) is 9.55. The zero-order valence-electron chi connectivity index (χ0n) is 12.8. The van der Waals surface area contributed by atoms with Gasteiger partial charge in [0, 0.05) is 13.1 Å². The minimum absolute atomic E-state index is 0.496. The highest BCUT2D eigenvalue weighted by atomic mass is 32.1. The number of hydrogen-bond acceptors (Lipinski definition) is 3. The van der Waals surface area contributed by atoms with Gasteiger partial charge in [-0.05, 0) is 50.4 Å². The fourth-order valence-corrected chi connectivity index (χ4v) is 1.71. The molecule has 0 spiro atoms. The number of rotatable bonds is 6. The Labute approximate surface area is 142 Å². The zero-order chi connectivity index (χ0) is 16.5. The molecule has 0 aliphatic heterocycles. The van der Waals surface area contributed by atoms with E-state index < -0.39 is 0 Å². The van der Waals surface area contributed by atoms with Gasteiger partial charge in [-0.15, -0.1) is 0 Å². The Kier molecular flexibility index (Phi) is 7.48. The van der Waals surface area contributed by atoms with Gasteiger partial charge in [-0.2, -0.15) is 0 Å². The fourth-order valence-electron chi connectivity index (χ4n) is 1.36. The molecule has 0 atom stereocenters. The molecule has 0 saturated heterocycles. The maximum absolute atomic E-state index is 5.18. The van der Waals surface area contributed by atoms with Crippen molar-refractivity contribution in [3.05, 3.63) is 42.5 Å². The van der Waals surface area contributed by atoms with Crippen molar-refractivity contribution in [1.29, 1.82) is 0 Å². The van der Waals surface area contributed by atoms with E-state index in [1.54, 1.807) is 0 Å². The lowest BCUT2D eigenvalue weighted by Crippen LogP contribution is -2.31. The van der Waals surface area contributed by atoms with Crippen LogP contribution in [0.3, 0.4) is 0 Å². The molecule has 0 fully saturated rings. The van der Waals surface area contributed by atoms with Gasteiger partial charge in [0.05, 0.1) is 0 Å². The molecular formula is C15H21N5S2. The van der Waals surface area contributed by atoms with E-state index in [9.17, 15) is 0 Å². The molecule has 1 aromatic rings. The van der Waals surface area contributed by atoms with E-state index in [2.05, 4.69) is 39.4 Å². The summed E-state index contributed by atoms with van der Waals surface area (Å²) in [5, 5.41) is 13.1. The molecular weight excluding hydrogens is 314 g/mol. The molecule has 0 aromatic carbocycles. The highest BCUT2D eigenvalue weighted by Gasteiger charge is 2.02. The predicted octanol–water partition coefficient (Wildman–Crippen LogP) is 2.81. The average Bonchev–Trinajstić information content (AvgIpc) is 2.43. The Morgan fingerprint density at radius 1 is 0.955 bits per heavy atom. The van der Waals surface area contributed by atoms with E-state index in [4.69, 9.17) is 24.4 Å². The van der Waals surface area contributed by atoms with Crippen LogP contribution in [0.4, 0.5) is 11.6 Å². The van der Waals surface area contributed by atoms with Crippen molar-refractivity contribution in [3.8, 4) is 0 Å². The predicted molar refractivity (Wildman–Crippen MR) is 102 cm³/mol. The van der Waals surface area contributed by atoms with Crippen LogP contribution >= 0.6 is 24.4 Å². The highest BCUT2D eigenvalue weighted by molar-refractivity contribution is 7.80. The number of pyridine rings is 1. The van der Waals surface area contributed by atoms with Gasteiger partial charge < -0.3 is 21.3 Å². The number of thiocarbonyl (C=S) groups is 2. The SMILES string of the molecule is C=C(C)CNC(=S)Nc1cccc(NC(=S)NCC(=C)C)n1. The Bertz CT molecular complexity index is 536. The quantitative estimate of drug-likeness (QED) is 0.471. The van der Waals surface area contributed by atoms with Crippen molar-refractivity contribution in [2.24, 2.45) is 0 Å². The first-order chi connectivity index (χ1) is 10.4. The summed E-state index contributed by atoms with van der Waals surface area (Å²) in [6.07, 6.45) is 0. The lowest BCUT2D eigenvalue weighted by molar-refractivity contribution is 0.996. The molecule has 118 valence electrons. The van der Waals surface area contributed by atoms with Crippen LogP contribution in [0.1, 0.15) is 13.8 Å². The third-order valence-corrected chi connectivity index (χ3v) is 2.83. The van der Waals surface area contributed by atoms with E-state index in [0.717, 1.165) is 11.1 Å². The number of anilines is 2. The molecule has 1 aromatic heterocycles. The second kappa shape index (κ2) is 9.11. The molecule has 0 saturated carbocycles. The van der Waals surface area contributed by atoms with E-state index in [1.807, 2.05) is 32.0 Å². The first kappa shape index (κ1) is 18.1. The van der Waals surface area contributed by atoms with E-state index in [0.29, 0.717) is 35.0 Å². The molecule has 0 radical (unpaired) electrons. The van der Waals surface area contributed by atoms with Crippen molar-refractivity contribution in [2.45, 2.75) is 13.8 Å². The monoisotopic (exact) mass is 335 g/mol. The molecule has 4 N–H and O–H groups in total. The van der Waals surface area contributed by atoms with Crippen LogP contribution in [0.25, 0.3) is 0 Å². The van der Waals surface area contributed by atoms with Crippen LogP contribution in [-0.4, -0.2) is 28.3 Å². The third kappa shape index (κ3) is 7.70. The first-order valence-electron chi connectivity index (χ1n) is 6.72. The molecule has 1 heterocycles. The van der Waals surface area contributed by atoms with Crippen molar-refractivity contribution in [3.63, 3.8) is 0 Å². The Balaban J connectivity index is 2.54. The number of aromatic nitrogens is 1. The number of nitrogens with zero attached hydrogens (tertiary/aromatic N) is 1.